The highest BCUT2D eigenvalue weighted by molar-refractivity contribution is 5.78. The van der Waals surface area contributed by atoms with Crippen LogP contribution in [0.3, 0.4) is 0 Å². The zero-order valence-electron chi connectivity index (χ0n) is 12.3. The van der Waals surface area contributed by atoms with Crippen molar-refractivity contribution in [2.24, 2.45) is 0 Å². The molecule has 1 aromatic rings. The van der Waals surface area contributed by atoms with Crippen LogP contribution in [0.2, 0.25) is 0 Å². The average molecular weight is 294 g/mol. The lowest BCUT2D eigenvalue weighted by Crippen LogP contribution is -2.29. The maximum absolute atomic E-state index is 11.6. The number of unbranched alkanes of at least 4 members (excludes halogenated alkanes) is 5. The Balaban J connectivity index is 2.26. The number of nitrogens with zero attached hydrogens (tertiary/aromatic N) is 2. The zero-order valence-corrected chi connectivity index (χ0v) is 12.3. The van der Waals surface area contributed by atoms with Crippen LogP contribution in [0.4, 0.5) is 11.4 Å². The van der Waals surface area contributed by atoms with Crippen LogP contribution in [-0.2, 0) is 4.79 Å². The van der Waals surface area contributed by atoms with Crippen LogP contribution in [0.5, 0.6) is 0 Å². The van der Waals surface area contributed by atoms with Crippen molar-refractivity contribution in [1.82, 2.24) is 10.4 Å². The number of hydrogen-bond donors (Lipinski definition) is 2. The third-order valence-electron chi connectivity index (χ3n) is 3.09. The number of rotatable bonds is 10. The fraction of sp³-hybridized carbons (Fsp3) is 0.571. The molecule has 0 unspecified atom stereocenters. The maximum atomic E-state index is 11.6. The summed E-state index contributed by atoms with van der Waals surface area (Å²) in [5.41, 5.74) is 5.11. The summed E-state index contributed by atoms with van der Waals surface area (Å²) < 4.78 is 0. The molecule has 7 nitrogen and oxygen atoms in total. The molecule has 1 rings (SSSR count). The number of anilines is 1. The molecule has 0 saturated carbocycles. The van der Waals surface area contributed by atoms with Crippen molar-refractivity contribution in [2.45, 2.75) is 51.9 Å². The molecule has 1 amide bonds. The second-order valence-electron chi connectivity index (χ2n) is 4.84. The van der Waals surface area contributed by atoms with E-state index in [0.29, 0.717) is 6.42 Å². The normalized spacial score (nSPS) is 10.1. The minimum absolute atomic E-state index is 0.169. The number of hydrazine groups is 1. The van der Waals surface area contributed by atoms with Crippen LogP contribution in [0.1, 0.15) is 51.9 Å². The predicted octanol–water partition coefficient (Wildman–Crippen LogP) is 3.18. The van der Waals surface area contributed by atoms with Gasteiger partial charge in [0, 0.05) is 12.6 Å². The molecule has 0 radical (unpaired) electrons. The van der Waals surface area contributed by atoms with E-state index in [4.69, 9.17) is 0 Å². The van der Waals surface area contributed by atoms with E-state index in [1.807, 2.05) is 0 Å². The molecular formula is C14H22N4O3. The third kappa shape index (κ3) is 6.69. The molecule has 0 aliphatic rings. The molecule has 0 bridgehead atoms. The number of nitrogens with one attached hydrogen (secondary N) is 2. The van der Waals surface area contributed by atoms with Crippen LogP contribution in [0.15, 0.2) is 18.5 Å². The van der Waals surface area contributed by atoms with Gasteiger partial charge in [-0.05, 0) is 12.5 Å². The van der Waals surface area contributed by atoms with E-state index in [1.165, 1.54) is 31.5 Å². The van der Waals surface area contributed by atoms with Gasteiger partial charge in [-0.15, -0.1) is 0 Å². The fourth-order valence-corrected chi connectivity index (χ4v) is 1.90. The molecule has 0 fully saturated rings. The predicted molar refractivity (Wildman–Crippen MR) is 80.6 cm³/mol. The quantitative estimate of drug-likeness (QED) is 0.392. The lowest BCUT2D eigenvalue weighted by atomic mass is 10.1. The van der Waals surface area contributed by atoms with E-state index < -0.39 is 4.92 Å². The van der Waals surface area contributed by atoms with E-state index in [9.17, 15) is 14.9 Å². The first-order valence-electron chi connectivity index (χ1n) is 7.28. The number of amides is 1. The highest BCUT2D eigenvalue weighted by atomic mass is 16.6. The van der Waals surface area contributed by atoms with Gasteiger partial charge in [0.05, 0.1) is 4.92 Å². The Labute approximate surface area is 124 Å². The summed E-state index contributed by atoms with van der Waals surface area (Å²) in [6.07, 6.45) is 9.63. The molecule has 0 atom stereocenters. The van der Waals surface area contributed by atoms with Crippen molar-refractivity contribution in [2.75, 3.05) is 5.43 Å². The number of aromatic nitrogens is 1. The van der Waals surface area contributed by atoms with Crippen molar-refractivity contribution in [3.8, 4) is 0 Å². The van der Waals surface area contributed by atoms with Gasteiger partial charge in [-0.2, -0.15) is 0 Å². The Morgan fingerprint density at radius 2 is 2.00 bits per heavy atom. The molecule has 1 heterocycles. The van der Waals surface area contributed by atoms with Crippen molar-refractivity contribution < 1.29 is 9.72 Å². The van der Waals surface area contributed by atoms with Crippen molar-refractivity contribution in [3.05, 3.63) is 28.6 Å². The van der Waals surface area contributed by atoms with Crippen molar-refractivity contribution in [3.63, 3.8) is 0 Å². The van der Waals surface area contributed by atoms with Crippen LogP contribution in [0.25, 0.3) is 0 Å². The number of carbonyl (C=O) groups excluding carboxylic acids is 1. The molecule has 2 N–H and O–H groups in total. The SMILES string of the molecule is CCCCCCCCC(=O)NNc1ccncc1[N+](=O)[O-]. The summed E-state index contributed by atoms with van der Waals surface area (Å²) in [7, 11) is 0. The molecule has 0 aromatic carbocycles. The van der Waals surface area contributed by atoms with E-state index in [0.717, 1.165) is 25.5 Å². The summed E-state index contributed by atoms with van der Waals surface area (Å²) in [5, 5.41) is 10.8. The van der Waals surface area contributed by atoms with Crippen molar-refractivity contribution >= 4 is 17.3 Å². The van der Waals surface area contributed by atoms with E-state index in [-0.39, 0.29) is 17.3 Å². The first-order valence-corrected chi connectivity index (χ1v) is 7.28. The monoisotopic (exact) mass is 294 g/mol. The third-order valence-corrected chi connectivity index (χ3v) is 3.09. The Hall–Kier alpha value is -2.18. The lowest BCUT2D eigenvalue weighted by molar-refractivity contribution is -0.384. The molecule has 1 aromatic heterocycles. The molecular weight excluding hydrogens is 272 g/mol. The van der Waals surface area contributed by atoms with Crippen LogP contribution >= 0.6 is 0 Å². The molecule has 0 aliphatic heterocycles. The second kappa shape index (κ2) is 9.68. The van der Waals surface area contributed by atoms with Gasteiger partial charge in [0.25, 0.3) is 0 Å². The summed E-state index contributed by atoms with van der Waals surface area (Å²) in [4.78, 5) is 25.5. The Morgan fingerprint density at radius 3 is 2.71 bits per heavy atom. The zero-order chi connectivity index (χ0) is 15.5. The van der Waals surface area contributed by atoms with Gasteiger partial charge >= 0.3 is 5.69 Å². The smallest absolute Gasteiger partial charge is 0.292 e. The molecule has 0 aliphatic carbocycles. The lowest BCUT2D eigenvalue weighted by Gasteiger charge is -2.08. The standard InChI is InChI=1S/C14H22N4O3/c1-2-3-4-5-6-7-8-14(19)17-16-12-9-10-15-11-13(12)18(20)21/h9-11H,2-8H2,1H3,(H,15,16)(H,17,19). The van der Waals surface area contributed by atoms with E-state index in [2.05, 4.69) is 22.8 Å². The fourth-order valence-electron chi connectivity index (χ4n) is 1.90. The Kier molecular flexibility index (Phi) is 7.78. The highest BCUT2D eigenvalue weighted by Gasteiger charge is 2.13. The highest BCUT2D eigenvalue weighted by Crippen LogP contribution is 2.20. The molecule has 0 saturated heterocycles. The summed E-state index contributed by atoms with van der Waals surface area (Å²) in [5.74, 6) is -0.170. The second-order valence-corrected chi connectivity index (χ2v) is 4.84. The minimum Gasteiger partial charge on any atom is -0.292 e. The number of nitro groups is 1. The number of pyridine rings is 1. The summed E-state index contributed by atoms with van der Waals surface area (Å²) in [6.45, 7) is 2.16. The largest absolute Gasteiger partial charge is 0.312 e. The van der Waals surface area contributed by atoms with Gasteiger partial charge in [0.1, 0.15) is 11.9 Å². The van der Waals surface area contributed by atoms with Gasteiger partial charge in [-0.25, -0.2) is 0 Å². The van der Waals surface area contributed by atoms with Crippen LogP contribution < -0.4 is 10.9 Å². The summed E-state index contributed by atoms with van der Waals surface area (Å²) >= 11 is 0. The molecule has 116 valence electrons. The number of carbonyl (C=O) groups is 1. The van der Waals surface area contributed by atoms with Gasteiger partial charge in [0.2, 0.25) is 5.91 Å². The van der Waals surface area contributed by atoms with Crippen molar-refractivity contribution in [1.29, 1.82) is 0 Å². The molecule has 7 heteroatoms. The maximum Gasteiger partial charge on any atom is 0.312 e. The Morgan fingerprint density at radius 1 is 1.29 bits per heavy atom. The minimum atomic E-state index is -0.546. The van der Waals surface area contributed by atoms with Gasteiger partial charge in [-0.3, -0.25) is 30.7 Å². The first-order chi connectivity index (χ1) is 10.1. The van der Waals surface area contributed by atoms with Gasteiger partial charge in [-0.1, -0.05) is 39.0 Å². The Bertz CT molecular complexity index is 465. The molecule has 21 heavy (non-hydrogen) atoms. The van der Waals surface area contributed by atoms with Crippen LogP contribution in [-0.4, -0.2) is 15.8 Å². The molecule has 0 spiro atoms. The summed E-state index contributed by atoms with van der Waals surface area (Å²) in [6, 6.07) is 1.45. The van der Waals surface area contributed by atoms with E-state index in [1.54, 1.807) is 0 Å². The van der Waals surface area contributed by atoms with Gasteiger partial charge < -0.3 is 0 Å². The van der Waals surface area contributed by atoms with Crippen LogP contribution in [0, 0.1) is 10.1 Å². The topological polar surface area (TPSA) is 97.2 Å². The van der Waals surface area contributed by atoms with Gasteiger partial charge in [0.15, 0.2) is 0 Å². The van der Waals surface area contributed by atoms with E-state index >= 15 is 0 Å². The average Bonchev–Trinajstić information content (AvgIpc) is 2.49. The number of hydrogen-bond acceptors (Lipinski definition) is 5. The first kappa shape index (κ1) is 16.9.